The van der Waals surface area contributed by atoms with E-state index in [9.17, 15) is 5.11 Å². The highest BCUT2D eigenvalue weighted by molar-refractivity contribution is 9.09. The van der Waals surface area contributed by atoms with Gasteiger partial charge in [0.1, 0.15) is 0 Å². The molecule has 0 aromatic rings. The van der Waals surface area contributed by atoms with E-state index in [0.717, 1.165) is 19.5 Å². The molecule has 1 rings (SSSR count). The van der Waals surface area contributed by atoms with E-state index in [2.05, 4.69) is 46.6 Å². The van der Waals surface area contributed by atoms with Crippen LogP contribution in [0.25, 0.3) is 0 Å². The van der Waals surface area contributed by atoms with Crippen LogP contribution in [-0.4, -0.2) is 46.4 Å². The van der Waals surface area contributed by atoms with Gasteiger partial charge in [-0.25, -0.2) is 0 Å². The molecule has 0 spiro atoms. The summed E-state index contributed by atoms with van der Waals surface area (Å²) in [7, 11) is 0. The van der Waals surface area contributed by atoms with Crippen molar-refractivity contribution >= 4 is 22.3 Å². The average Bonchev–Trinajstić information content (AvgIpc) is 3.28. The first-order valence-corrected chi connectivity index (χ1v) is 15.0. The highest BCUT2D eigenvalue weighted by Gasteiger charge is 2.20. The molecule has 0 bridgehead atoms. The van der Waals surface area contributed by atoms with Gasteiger partial charge in [-0.3, -0.25) is 4.99 Å². The Labute approximate surface area is 210 Å². The van der Waals surface area contributed by atoms with Gasteiger partial charge in [0.15, 0.2) is 0 Å². The van der Waals surface area contributed by atoms with Gasteiger partial charge in [0.2, 0.25) is 0 Å². The zero-order valence-corrected chi connectivity index (χ0v) is 23.8. The summed E-state index contributed by atoms with van der Waals surface area (Å²) in [5, 5.41) is 9.37. The molecule has 1 aliphatic heterocycles. The van der Waals surface area contributed by atoms with Crippen molar-refractivity contribution in [3.8, 4) is 0 Å². The van der Waals surface area contributed by atoms with E-state index in [1.165, 1.54) is 109 Å². The van der Waals surface area contributed by atoms with Crippen LogP contribution in [-0.2, 0) is 0 Å². The van der Waals surface area contributed by atoms with Gasteiger partial charge in [-0.15, -0.1) is 0 Å². The molecule has 0 saturated carbocycles. The third-order valence-corrected chi connectivity index (χ3v) is 7.03. The van der Waals surface area contributed by atoms with Crippen LogP contribution in [0.15, 0.2) is 4.99 Å². The zero-order valence-electron chi connectivity index (χ0n) is 22.2. The van der Waals surface area contributed by atoms with Crippen molar-refractivity contribution in [2.45, 2.75) is 160 Å². The summed E-state index contributed by atoms with van der Waals surface area (Å²) in [6.07, 6.45) is 27.3. The fourth-order valence-electron chi connectivity index (χ4n) is 4.47. The number of aliphatic hydroxyl groups excluding tert-OH is 1. The number of alkyl halides is 1. The molecule has 0 aliphatic carbocycles. The van der Waals surface area contributed by atoms with Crippen LogP contribution in [0.2, 0.25) is 0 Å². The molecule has 3 atom stereocenters. The molecular weight excluding hydrogens is 460 g/mol. The van der Waals surface area contributed by atoms with Crippen LogP contribution in [0.1, 0.15) is 143 Å². The summed E-state index contributed by atoms with van der Waals surface area (Å²) in [5.41, 5.74) is 0. The van der Waals surface area contributed by atoms with Crippen molar-refractivity contribution in [2.75, 3.05) is 13.1 Å². The lowest BCUT2D eigenvalue weighted by molar-refractivity contribution is 0.103. The maximum absolute atomic E-state index is 9.37. The summed E-state index contributed by atoms with van der Waals surface area (Å²) < 4.78 is 0. The maximum atomic E-state index is 9.37. The normalized spacial score (nSPS) is 16.0. The molecule has 0 fully saturated rings. The highest BCUT2D eigenvalue weighted by Crippen LogP contribution is 2.15. The minimum Gasteiger partial charge on any atom is -0.391 e. The maximum Gasteiger partial charge on any atom is 0.0854 e. The molecule has 0 amide bonds. The Balaban J connectivity index is 0.000000726. The van der Waals surface area contributed by atoms with Gasteiger partial charge >= 0.3 is 0 Å². The van der Waals surface area contributed by atoms with Crippen LogP contribution < -0.4 is 0 Å². The van der Waals surface area contributed by atoms with Crippen molar-refractivity contribution in [3.05, 3.63) is 0 Å². The minimum absolute atomic E-state index is 0.251. The van der Waals surface area contributed by atoms with E-state index < -0.39 is 0 Å². The van der Waals surface area contributed by atoms with Crippen LogP contribution in [0.5, 0.6) is 0 Å². The van der Waals surface area contributed by atoms with Gasteiger partial charge in [0.05, 0.1) is 25.0 Å². The van der Waals surface area contributed by atoms with Crippen LogP contribution in [0.3, 0.4) is 0 Å². The average molecular weight is 518 g/mol. The molecule has 3 nitrogen and oxygen atoms in total. The van der Waals surface area contributed by atoms with E-state index in [1.807, 2.05) is 13.3 Å². The fraction of sp³-hybridized carbons (Fsp3) is 0.964. The van der Waals surface area contributed by atoms with Crippen LogP contribution in [0, 0.1) is 0 Å². The first-order valence-electron chi connectivity index (χ1n) is 14.1. The SMILES string of the molecule is CCC(C(C)O)N1C=NCC1.CCCCCCCCCCCCCCCCCCC(C)Br. The molecule has 1 aliphatic rings. The highest BCUT2D eigenvalue weighted by atomic mass is 79.9. The summed E-state index contributed by atoms with van der Waals surface area (Å²) in [6.45, 7) is 10.3. The smallest absolute Gasteiger partial charge is 0.0854 e. The first-order chi connectivity index (χ1) is 15.5. The number of hydrogen-bond acceptors (Lipinski definition) is 3. The topological polar surface area (TPSA) is 35.8 Å². The molecule has 1 N–H and O–H groups in total. The number of halogens is 1. The van der Waals surface area contributed by atoms with E-state index >= 15 is 0 Å². The summed E-state index contributed by atoms with van der Waals surface area (Å²) >= 11 is 3.62. The van der Waals surface area contributed by atoms with Gasteiger partial charge in [-0.05, 0) is 19.8 Å². The van der Waals surface area contributed by atoms with E-state index in [4.69, 9.17) is 0 Å². The van der Waals surface area contributed by atoms with Gasteiger partial charge in [0.25, 0.3) is 0 Å². The molecule has 192 valence electrons. The molecule has 0 aromatic heterocycles. The zero-order chi connectivity index (χ0) is 23.9. The van der Waals surface area contributed by atoms with Crippen molar-refractivity contribution in [1.82, 2.24) is 4.90 Å². The third kappa shape index (κ3) is 20.5. The van der Waals surface area contributed by atoms with Crippen molar-refractivity contribution in [3.63, 3.8) is 0 Å². The molecule has 0 radical (unpaired) electrons. The molecule has 3 unspecified atom stereocenters. The molecule has 1 heterocycles. The molecule has 0 saturated heterocycles. The second kappa shape index (κ2) is 24.0. The Bertz CT molecular complexity index is 401. The Morgan fingerprint density at radius 1 is 0.781 bits per heavy atom. The van der Waals surface area contributed by atoms with E-state index in [1.54, 1.807) is 0 Å². The molecule has 32 heavy (non-hydrogen) atoms. The number of hydrogen-bond donors (Lipinski definition) is 1. The lowest BCUT2D eigenvalue weighted by Gasteiger charge is -2.27. The summed E-state index contributed by atoms with van der Waals surface area (Å²) in [4.78, 5) is 6.93. The predicted molar refractivity (Wildman–Crippen MR) is 148 cm³/mol. The summed E-state index contributed by atoms with van der Waals surface area (Å²) in [6, 6.07) is 0.251. The van der Waals surface area contributed by atoms with Gasteiger partial charge in [-0.2, -0.15) is 0 Å². The quantitative estimate of drug-likeness (QED) is 0.129. The number of aliphatic imine (C=N–C) groups is 1. The van der Waals surface area contributed by atoms with Gasteiger partial charge in [-0.1, -0.05) is 139 Å². The van der Waals surface area contributed by atoms with Crippen molar-refractivity contribution in [1.29, 1.82) is 0 Å². The van der Waals surface area contributed by atoms with Crippen molar-refractivity contribution in [2.24, 2.45) is 4.99 Å². The third-order valence-electron chi connectivity index (χ3n) is 6.57. The lowest BCUT2D eigenvalue weighted by Crippen LogP contribution is -2.40. The van der Waals surface area contributed by atoms with Crippen molar-refractivity contribution < 1.29 is 5.11 Å². The van der Waals surface area contributed by atoms with Gasteiger partial charge in [0, 0.05) is 11.4 Å². The predicted octanol–water partition coefficient (Wildman–Crippen LogP) is 8.91. The number of aliphatic hydroxyl groups is 1. The Hall–Kier alpha value is -0.0900. The Morgan fingerprint density at radius 2 is 1.22 bits per heavy atom. The second-order valence-electron chi connectivity index (χ2n) is 9.85. The second-order valence-corrected chi connectivity index (χ2v) is 11.4. The minimum atomic E-state index is -0.260. The van der Waals surface area contributed by atoms with Gasteiger partial charge < -0.3 is 10.0 Å². The van der Waals surface area contributed by atoms with Crippen LogP contribution >= 0.6 is 15.9 Å². The first kappa shape index (κ1) is 31.9. The summed E-state index contributed by atoms with van der Waals surface area (Å²) in [5.74, 6) is 0. The number of unbranched alkanes of at least 4 members (excludes halogenated alkanes) is 15. The molecular formula is C28H57BrN2O. The van der Waals surface area contributed by atoms with Crippen LogP contribution in [0.4, 0.5) is 0 Å². The Kier molecular flexibility index (Phi) is 24.0. The number of rotatable bonds is 20. The number of nitrogens with zero attached hydrogens (tertiary/aromatic N) is 2. The molecule has 4 heteroatoms. The fourth-order valence-corrected chi connectivity index (χ4v) is 4.80. The Morgan fingerprint density at radius 3 is 1.53 bits per heavy atom. The molecule has 0 aromatic carbocycles. The lowest BCUT2D eigenvalue weighted by atomic mass is 10.0. The van der Waals surface area contributed by atoms with E-state index in [0.29, 0.717) is 4.83 Å². The monoisotopic (exact) mass is 516 g/mol. The largest absolute Gasteiger partial charge is 0.391 e. The van der Waals surface area contributed by atoms with E-state index in [-0.39, 0.29) is 12.1 Å². The standard InChI is InChI=1S/C20H41Br.C8H16N2O/c1-3-4-5-6-7-8-9-10-11-12-13-14-15-16-17-18-19-20(2)21;1-3-8(7(2)11)10-5-4-9-6-10/h20H,3-19H2,1-2H3;6-8,11H,3-5H2,1-2H3.